The summed E-state index contributed by atoms with van der Waals surface area (Å²) in [7, 11) is 0. The lowest BCUT2D eigenvalue weighted by molar-refractivity contribution is 0.0963. The molecule has 0 saturated carbocycles. The smallest absolute Gasteiger partial charge is 0.190 e. The Morgan fingerprint density at radius 1 is 0.947 bits per heavy atom. The minimum absolute atomic E-state index is 0.0283. The van der Waals surface area contributed by atoms with Crippen LogP contribution < -0.4 is 0 Å². The molecule has 0 spiro atoms. The van der Waals surface area contributed by atoms with Gasteiger partial charge in [0.1, 0.15) is 0 Å². The fourth-order valence-corrected chi connectivity index (χ4v) is 2.88. The van der Waals surface area contributed by atoms with Gasteiger partial charge >= 0.3 is 0 Å². The maximum atomic E-state index is 12.4. The van der Waals surface area contributed by atoms with Gasteiger partial charge < -0.3 is 0 Å². The summed E-state index contributed by atoms with van der Waals surface area (Å²) in [6.45, 7) is 1.46. The normalized spacial score (nSPS) is 18.2. The van der Waals surface area contributed by atoms with Gasteiger partial charge in [-0.3, -0.25) is 14.4 Å². The molecule has 0 amide bonds. The minimum atomic E-state index is -0.0912. The number of carbonyl (C=O) groups excluding carboxylic acids is 3. The second kappa shape index (κ2) is 4.26. The Balaban J connectivity index is 2.18. The Morgan fingerprint density at radius 3 is 2.11 bits per heavy atom. The van der Waals surface area contributed by atoms with Crippen LogP contribution in [0.5, 0.6) is 0 Å². The van der Waals surface area contributed by atoms with Crippen molar-refractivity contribution >= 4 is 17.3 Å². The van der Waals surface area contributed by atoms with Crippen LogP contribution in [0.1, 0.15) is 63.7 Å². The molecule has 2 aliphatic rings. The molecule has 2 aliphatic carbocycles. The van der Waals surface area contributed by atoms with Gasteiger partial charge in [-0.05, 0) is 44.7 Å². The van der Waals surface area contributed by atoms with Crippen molar-refractivity contribution in [3.63, 3.8) is 0 Å². The first-order valence-corrected chi connectivity index (χ1v) is 6.56. The molecule has 3 heteroatoms. The molecule has 0 bridgehead atoms. The molecule has 0 radical (unpaired) electrons. The molecule has 3 nitrogen and oxygen atoms in total. The third kappa shape index (κ3) is 1.77. The molecule has 0 heterocycles. The number of rotatable bonds is 1. The Kier molecular flexibility index (Phi) is 2.70. The Hall–Kier alpha value is -2.03. The third-order valence-electron chi connectivity index (χ3n) is 3.93. The summed E-state index contributed by atoms with van der Waals surface area (Å²) in [5, 5.41) is 0. The van der Waals surface area contributed by atoms with Gasteiger partial charge in [0.05, 0.1) is 0 Å². The first-order chi connectivity index (χ1) is 9.09. The van der Waals surface area contributed by atoms with Crippen LogP contribution in [-0.2, 0) is 0 Å². The van der Waals surface area contributed by atoms with Gasteiger partial charge in [-0.15, -0.1) is 0 Å². The van der Waals surface area contributed by atoms with Gasteiger partial charge in [0, 0.05) is 27.8 Å². The zero-order chi connectivity index (χ0) is 13.6. The molecule has 0 atom stereocenters. The summed E-state index contributed by atoms with van der Waals surface area (Å²) in [5.74, 6) is -0.182. The number of fused-ring (bicyclic) bond motifs is 1. The SMILES string of the molecule is CC(=O)c1ccc2c(c1)C(=O)C1=C(CCCC1)C2=O. The molecule has 0 aromatic heterocycles. The number of Topliss-reactive ketones (excluding diaryl/α,β-unsaturated/α-hetero) is 3. The lowest BCUT2D eigenvalue weighted by atomic mass is 9.77. The van der Waals surface area contributed by atoms with Crippen molar-refractivity contribution in [3.8, 4) is 0 Å². The molecule has 0 fully saturated rings. The van der Waals surface area contributed by atoms with Crippen LogP contribution in [0.4, 0.5) is 0 Å². The van der Waals surface area contributed by atoms with E-state index in [1.807, 2.05) is 0 Å². The van der Waals surface area contributed by atoms with E-state index < -0.39 is 0 Å². The number of benzene rings is 1. The van der Waals surface area contributed by atoms with E-state index in [9.17, 15) is 14.4 Å². The van der Waals surface area contributed by atoms with E-state index >= 15 is 0 Å². The molecule has 0 aliphatic heterocycles. The molecule has 0 N–H and O–H groups in total. The van der Waals surface area contributed by atoms with Gasteiger partial charge in [0.2, 0.25) is 0 Å². The predicted octanol–water partition coefficient (Wildman–Crippen LogP) is 3.14. The number of ketones is 3. The Morgan fingerprint density at radius 2 is 1.53 bits per heavy atom. The van der Waals surface area contributed by atoms with E-state index in [0.29, 0.717) is 40.7 Å². The van der Waals surface area contributed by atoms with Crippen LogP contribution in [0, 0.1) is 0 Å². The fraction of sp³-hybridized carbons (Fsp3) is 0.312. The second-order valence-corrected chi connectivity index (χ2v) is 5.14. The minimum Gasteiger partial charge on any atom is -0.295 e. The van der Waals surface area contributed by atoms with Gasteiger partial charge in [0.25, 0.3) is 0 Å². The summed E-state index contributed by atoms with van der Waals surface area (Å²) in [5.41, 5.74) is 2.71. The number of hydrogen-bond acceptors (Lipinski definition) is 3. The summed E-state index contributed by atoms with van der Waals surface area (Å²) in [4.78, 5) is 36.2. The quantitative estimate of drug-likeness (QED) is 0.723. The molecule has 3 rings (SSSR count). The number of allylic oxidation sites excluding steroid dienone is 2. The van der Waals surface area contributed by atoms with E-state index in [1.165, 1.54) is 6.92 Å². The van der Waals surface area contributed by atoms with Gasteiger partial charge in [0.15, 0.2) is 17.3 Å². The zero-order valence-corrected chi connectivity index (χ0v) is 10.8. The number of hydrogen-bond donors (Lipinski definition) is 0. The molecule has 0 unspecified atom stereocenters. The average Bonchev–Trinajstić information content (AvgIpc) is 2.44. The summed E-state index contributed by atoms with van der Waals surface area (Å²) in [6, 6.07) is 4.81. The first-order valence-electron chi connectivity index (χ1n) is 6.56. The number of carbonyl (C=O) groups is 3. The summed E-state index contributed by atoms with van der Waals surface area (Å²) >= 11 is 0. The van der Waals surface area contributed by atoms with Crippen molar-refractivity contribution in [2.45, 2.75) is 32.6 Å². The summed E-state index contributed by atoms with van der Waals surface area (Å²) in [6.07, 6.45) is 3.32. The highest BCUT2D eigenvalue weighted by Crippen LogP contribution is 2.35. The molecule has 0 saturated heterocycles. The topological polar surface area (TPSA) is 51.2 Å². The van der Waals surface area contributed by atoms with Crippen molar-refractivity contribution in [1.82, 2.24) is 0 Å². The van der Waals surface area contributed by atoms with E-state index in [1.54, 1.807) is 18.2 Å². The van der Waals surface area contributed by atoms with Crippen molar-refractivity contribution in [1.29, 1.82) is 0 Å². The highest BCUT2D eigenvalue weighted by molar-refractivity contribution is 6.27. The van der Waals surface area contributed by atoms with E-state index in [-0.39, 0.29) is 17.3 Å². The third-order valence-corrected chi connectivity index (χ3v) is 3.93. The fourth-order valence-electron chi connectivity index (χ4n) is 2.88. The van der Waals surface area contributed by atoms with E-state index in [0.717, 1.165) is 12.8 Å². The zero-order valence-electron chi connectivity index (χ0n) is 10.8. The van der Waals surface area contributed by atoms with Crippen molar-refractivity contribution in [3.05, 3.63) is 46.0 Å². The summed E-state index contributed by atoms with van der Waals surface area (Å²) < 4.78 is 0. The van der Waals surface area contributed by atoms with Crippen LogP contribution in [-0.4, -0.2) is 17.3 Å². The molecule has 1 aromatic rings. The van der Waals surface area contributed by atoms with E-state index in [2.05, 4.69) is 0 Å². The predicted molar refractivity (Wildman–Crippen MR) is 70.6 cm³/mol. The highest BCUT2D eigenvalue weighted by atomic mass is 16.1. The van der Waals surface area contributed by atoms with Gasteiger partial charge in [-0.25, -0.2) is 0 Å². The molecular weight excluding hydrogens is 240 g/mol. The maximum absolute atomic E-state index is 12.4. The molecule has 1 aromatic carbocycles. The largest absolute Gasteiger partial charge is 0.295 e. The van der Waals surface area contributed by atoms with Gasteiger partial charge in [-0.2, -0.15) is 0 Å². The monoisotopic (exact) mass is 254 g/mol. The molecular formula is C16H14O3. The van der Waals surface area contributed by atoms with Crippen LogP contribution in [0.25, 0.3) is 0 Å². The maximum Gasteiger partial charge on any atom is 0.190 e. The van der Waals surface area contributed by atoms with Crippen LogP contribution >= 0.6 is 0 Å². The lowest BCUT2D eigenvalue weighted by Crippen LogP contribution is -2.24. The Bertz CT molecular complexity index is 650. The van der Waals surface area contributed by atoms with Crippen LogP contribution in [0.3, 0.4) is 0 Å². The van der Waals surface area contributed by atoms with Gasteiger partial charge in [-0.1, -0.05) is 6.07 Å². The lowest BCUT2D eigenvalue weighted by Gasteiger charge is -2.24. The van der Waals surface area contributed by atoms with Crippen molar-refractivity contribution < 1.29 is 14.4 Å². The molecule has 96 valence electrons. The molecule has 19 heavy (non-hydrogen) atoms. The second-order valence-electron chi connectivity index (χ2n) is 5.14. The Labute approximate surface area is 111 Å². The average molecular weight is 254 g/mol. The standard InChI is InChI=1S/C16H14O3/c1-9(17)10-6-7-13-14(8-10)16(19)12-5-3-2-4-11(12)15(13)18/h6-8H,2-5H2,1H3. The highest BCUT2D eigenvalue weighted by Gasteiger charge is 2.33. The van der Waals surface area contributed by atoms with Crippen molar-refractivity contribution in [2.24, 2.45) is 0 Å². The first kappa shape index (κ1) is 12.0. The van der Waals surface area contributed by atoms with Crippen molar-refractivity contribution in [2.75, 3.05) is 0 Å². The van der Waals surface area contributed by atoms with E-state index in [4.69, 9.17) is 0 Å². The van der Waals surface area contributed by atoms with Crippen LogP contribution in [0.15, 0.2) is 29.3 Å². The van der Waals surface area contributed by atoms with Crippen LogP contribution in [0.2, 0.25) is 0 Å².